The van der Waals surface area contributed by atoms with Gasteiger partial charge in [0.2, 0.25) is 5.91 Å². The summed E-state index contributed by atoms with van der Waals surface area (Å²) in [6.45, 7) is -0.368. The van der Waals surface area contributed by atoms with E-state index in [2.05, 4.69) is 5.32 Å². The molecule has 0 aromatic rings. The monoisotopic (exact) mass is 559 g/mol. The van der Waals surface area contributed by atoms with E-state index in [1.165, 1.54) is 7.11 Å². The van der Waals surface area contributed by atoms with Crippen LogP contribution in [0.25, 0.3) is 0 Å². The zero-order valence-corrected chi connectivity index (χ0v) is 20.7. The summed E-state index contributed by atoms with van der Waals surface area (Å²) >= 11 is 0. The summed E-state index contributed by atoms with van der Waals surface area (Å²) in [7, 11) is 1.32. The zero-order valence-electron chi connectivity index (χ0n) is 20.7. The SMILES string of the molecule is COC[C@H]1O[C@H](OC[C@H]2O[C@@H](O)[C@H](O)[C@@H](O)[C@@H]2O)[C@@H](O[C@@H]2O[C@H](CO)[C@@H](O)[C@H](O)[C@@H]2NC(C)=O)[C@@H](O)[C@@H]1O. The predicted molar refractivity (Wildman–Crippen MR) is 118 cm³/mol. The molecule has 0 spiro atoms. The Morgan fingerprint density at radius 1 is 0.737 bits per heavy atom. The quantitative estimate of drug-likeness (QED) is 0.126. The second kappa shape index (κ2) is 13.5. The third kappa shape index (κ3) is 6.77. The van der Waals surface area contributed by atoms with E-state index in [4.69, 9.17) is 28.4 Å². The molecule has 222 valence electrons. The van der Waals surface area contributed by atoms with Crippen molar-refractivity contribution in [2.45, 2.75) is 99.0 Å². The van der Waals surface area contributed by atoms with Crippen molar-refractivity contribution in [1.29, 1.82) is 0 Å². The van der Waals surface area contributed by atoms with Gasteiger partial charge in [-0.25, -0.2) is 0 Å². The Morgan fingerprint density at radius 3 is 1.92 bits per heavy atom. The van der Waals surface area contributed by atoms with Gasteiger partial charge in [0.05, 0.1) is 19.8 Å². The molecule has 0 aromatic heterocycles. The van der Waals surface area contributed by atoms with Gasteiger partial charge in [0.25, 0.3) is 0 Å². The molecule has 3 fully saturated rings. The van der Waals surface area contributed by atoms with Crippen molar-refractivity contribution >= 4 is 5.91 Å². The lowest BCUT2D eigenvalue weighted by atomic mass is 9.95. The minimum Gasteiger partial charge on any atom is -0.394 e. The molecule has 0 saturated carbocycles. The van der Waals surface area contributed by atoms with Crippen LogP contribution in [0.4, 0.5) is 0 Å². The van der Waals surface area contributed by atoms with Crippen LogP contribution < -0.4 is 5.32 Å². The van der Waals surface area contributed by atoms with Crippen LogP contribution in [0, 0.1) is 0 Å². The highest BCUT2D eigenvalue weighted by Gasteiger charge is 2.52. The first-order chi connectivity index (χ1) is 17.9. The summed E-state index contributed by atoms with van der Waals surface area (Å²) in [5.41, 5.74) is 0. The smallest absolute Gasteiger partial charge is 0.217 e. The van der Waals surface area contributed by atoms with E-state index in [0.29, 0.717) is 0 Å². The third-order valence-corrected chi connectivity index (χ3v) is 6.63. The number of nitrogens with one attached hydrogen (secondary N) is 1. The second-order valence-corrected chi connectivity index (χ2v) is 9.38. The van der Waals surface area contributed by atoms with Crippen molar-refractivity contribution in [2.24, 2.45) is 0 Å². The molecule has 17 heteroatoms. The summed E-state index contributed by atoms with van der Waals surface area (Å²) < 4.78 is 32.7. The maximum Gasteiger partial charge on any atom is 0.217 e. The number of ether oxygens (including phenoxy) is 6. The molecule has 3 aliphatic heterocycles. The minimum atomic E-state index is -1.84. The van der Waals surface area contributed by atoms with Crippen LogP contribution in [-0.4, -0.2) is 171 Å². The van der Waals surface area contributed by atoms with Crippen LogP contribution in [-0.2, 0) is 33.2 Å². The van der Waals surface area contributed by atoms with Crippen LogP contribution in [0.3, 0.4) is 0 Å². The number of aliphatic hydroxyl groups excluding tert-OH is 9. The molecule has 0 radical (unpaired) electrons. The first kappa shape index (κ1) is 31.4. The molecule has 0 unspecified atom stereocenters. The number of hydrogen-bond donors (Lipinski definition) is 10. The number of amides is 1. The molecule has 3 saturated heterocycles. The molecule has 0 aromatic carbocycles. The average Bonchev–Trinajstić information content (AvgIpc) is 2.88. The Labute approximate surface area is 217 Å². The maximum absolute atomic E-state index is 11.7. The molecule has 15 atom stereocenters. The molecule has 1 amide bonds. The number of carbonyl (C=O) groups is 1. The van der Waals surface area contributed by atoms with Crippen molar-refractivity contribution < 1.29 is 79.2 Å². The van der Waals surface area contributed by atoms with Gasteiger partial charge < -0.3 is 79.7 Å². The van der Waals surface area contributed by atoms with Crippen LogP contribution >= 0.6 is 0 Å². The fraction of sp³-hybridized carbons (Fsp3) is 0.952. The van der Waals surface area contributed by atoms with Crippen molar-refractivity contribution in [3.8, 4) is 0 Å². The normalized spacial score (nSPS) is 48.0. The standard InChI is InChI=1S/C21H37NO16/c1-6(24)22-10-14(28)11(25)7(3-23)36-20(10)38-18-16(30)13(27)8(4-33-2)37-21(18)34-5-9-12(26)15(29)17(31)19(32)35-9/h7-21,23,25-32H,3-5H2,1-2H3,(H,22,24)/t7-,8-,9-,10+,11-,12-,13-,14-,15+,16+,17-,18+,19-,20+,21+/m1/s1. The predicted octanol–water partition coefficient (Wildman–Crippen LogP) is -6.78. The van der Waals surface area contributed by atoms with E-state index in [1.807, 2.05) is 0 Å². The van der Waals surface area contributed by atoms with E-state index in [0.717, 1.165) is 6.92 Å². The Bertz CT molecular complexity index is 763. The fourth-order valence-corrected chi connectivity index (χ4v) is 4.49. The minimum absolute atomic E-state index is 0.192. The van der Waals surface area contributed by atoms with Crippen LogP contribution in [0.2, 0.25) is 0 Å². The highest BCUT2D eigenvalue weighted by molar-refractivity contribution is 5.73. The molecule has 0 bridgehead atoms. The van der Waals surface area contributed by atoms with Gasteiger partial charge in [0.1, 0.15) is 73.2 Å². The first-order valence-corrected chi connectivity index (χ1v) is 12.0. The van der Waals surface area contributed by atoms with Gasteiger partial charge in [-0.05, 0) is 0 Å². The second-order valence-electron chi connectivity index (χ2n) is 9.38. The van der Waals surface area contributed by atoms with E-state index < -0.39 is 111 Å². The van der Waals surface area contributed by atoms with Crippen molar-refractivity contribution in [3.05, 3.63) is 0 Å². The first-order valence-electron chi connectivity index (χ1n) is 12.0. The van der Waals surface area contributed by atoms with Gasteiger partial charge in [-0.1, -0.05) is 0 Å². The maximum atomic E-state index is 11.7. The Hall–Kier alpha value is -1.13. The molecular formula is C21H37NO16. The Kier molecular flexibility index (Phi) is 11.1. The van der Waals surface area contributed by atoms with Crippen LogP contribution in [0.1, 0.15) is 6.92 Å². The van der Waals surface area contributed by atoms with Gasteiger partial charge in [-0.15, -0.1) is 0 Å². The lowest BCUT2D eigenvalue weighted by Gasteiger charge is -2.47. The molecule has 3 rings (SSSR count). The largest absolute Gasteiger partial charge is 0.394 e. The number of hydrogen-bond acceptors (Lipinski definition) is 16. The van der Waals surface area contributed by atoms with Crippen molar-refractivity contribution in [3.63, 3.8) is 0 Å². The fourth-order valence-electron chi connectivity index (χ4n) is 4.49. The van der Waals surface area contributed by atoms with Crippen LogP contribution in [0.5, 0.6) is 0 Å². The summed E-state index contributed by atoms with van der Waals surface area (Å²) in [5.74, 6) is -0.628. The zero-order chi connectivity index (χ0) is 28.3. The van der Waals surface area contributed by atoms with E-state index in [1.54, 1.807) is 0 Å². The molecular weight excluding hydrogens is 522 g/mol. The molecule has 3 heterocycles. The number of methoxy groups -OCH3 is 1. The van der Waals surface area contributed by atoms with Crippen molar-refractivity contribution in [2.75, 3.05) is 26.9 Å². The highest BCUT2D eigenvalue weighted by Crippen LogP contribution is 2.31. The Balaban J connectivity index is 1.82. The summed E-state index contributed by atoms with van der Waals surface area (Å²) in [4.78, 5) is 11.7. The molecule has 17 nitrogen and oxygen atoms in total. The summed E-state index contributed by atoms with van der Waals surface area (Å²) in [5, 5.41) is 93.6. The lowest BCUT2D eigenvalue weighted by molar-refractivity contribution is -0.362. The molecule has 0 aliphatic carbocycles. The highest BCUT2D eigenvalue weighted by atomic mass is 16.8. The van der Waals surface area contributed by atoms with Crippen molar-refractivity contribution in [1.82, 2.24) is 5.32 Å². The average molecular weight is 560 g/mol. The molecule has 10 N–H and O–H groups in total. The topological polar surface area (TPSA) is 267 Å². The third-order valence-electron chi connectivity index (χ3n) is 6.63. The molecule has 38 heavy (non-hydrogen) atoms. The number of rotatable bonds is 9. The number of aliphatic hydroxyl groups is 9. The van der Waals surface area contributed by atoms with E-state index in [9.17, 15) is 50.8 Å². The van der Waals surface area contributed by atoms with Gasteiger partial charge in [-0.2, -0.15) is 0 Å². The van der Waals surface area contributed by atoms with Gasteiger partial charge in [-0.3, -0.25) is 4.79 Å². The Morgan fingerprint density at radius 2 is 1.32 bits per heavy atom. The van der Waals surface area contributed by atoms with E-state index in [-0.39, 0.29) is 6.61 Å². The molecule has 3 aliphatic rings. The van der Waals surface area contributed by atoms with Gasteiger partial charge in [0.15, 0.2) is 18.9 Å². The summed E-state index contributed by atoms with van der Waals surface area (Å²) in [6.07, 6.45) is -22.2. The van der Waals surface area contributed by atoms with Crippen LogP contribution in [0.15, 0.2) is 0 Å². The lowest BCUT2D eigenvalue weighted by Crippen LogP contribution is -2.67. The van der Waals surface area contributed by atoms with E-state index >= 15 is 0 Å². The summed E-state index contributed by atoms with van der Waals surface area (Å²) in [6, 6.07) is -1.39. The van der Waals surface area contributed by atoms with Gasteiger partial charge in [0, 0.05) is 14.0 Å². The van der Waals surface area contributed by atoms with Gasteiger partial charge >= 0.3 is 0 Å². The number of carbonyl (C=O) groups excluding carboxylic acids is 1.